The Hall–Kier alpha value is -3.22. The van der Waals surface area contributed by atoms with Crippen molar-refractivity contribution < 1.29 is 14.3 Å². The van der Waals surface area contributed by atoms with Crippen molar-refractivity contribution in [1.82, 2.24) is 20.6 Å². The molecule has 0 fully saturated rings. The summed E-state index contributed by atoms with van der Waals surface area (Å²) in [6, 6.07) is 9.79. The first-order chi connectivity index (χ1) is 11.1. The molecule has 7 nitrogen and oxygen atoms in total. The van der Waals surface area contributed by atoms with Crippen LogP contribution in [0.25, 0.3) is 5.76 Å². The van der Waals surface area contributed by atoms with E-state index in [1.54, 1.807) is 6.07 Å². The van der Waals surface area contributed by atoms with Gasteiger partial charge in [-0.3, -0.25) is 4.79 Å². The number of hydrogen-bond acceptors (Lipinski definition) is 6. The standard InChI is InChI=1S/C16H14N4O3/c1-10-2-4-11(5-3-10)6-13-7-12(9-23-13)14(21)8-15(22)16-17-19-20-18-16/h2-5,7-9,21H,6H2,1H3,(H,17,18,19,20). The smallest absolute Gasteiger partial charge is 0.244 e. The fraction of sp³-hybridized carbons (Fsp3) is 0.125. The second kappa shape index (κ2) is 6.27. The lowest BCUT2D eigenvalue weighted by Gasteiger charge is -1.98. The van der Waals surface area contributed by atoms with Crippen LogP contribution >= 0.6 is 0 Å². The van der Waals surface area contributed by atoms with Crippen molar-refractivity contribution in [3.05, 3.63) is 70.9 Å². The van der Waals surface area contributed by atoms with E-state index in [9.17, 15) is 9.90 Å². The van der Waals surface area contributed by atoms with Crippen LogP contribution < -0.4 is 0 Å². The number of hydrogen-bond donors (Lipinski definition) is 2. The molecule has 0 aliphatic heterocycles. The number of aliphatic hydroxyl groups is 1. The zero-order chi connectivity index (χ0) is 16.2. The fourth-order valence-corrected chi connectivity index (χ4v) is 2.05. The Morgan fingerprint density at radius 1 is 1.35 bits per heavy atom. The van der Waals surface area contributed by atoms with Crippen LogP contribution in [0.5, 0.6) is 0 Å². The zero-order valence-corrected chi connectivity index (χ0v) is 12.4. The number of nitrogens with zero attached hydrogens (tertiary/aromatic N) is 3. The Bertz CT molecular complexity index is 833. The first kappa shape index (κ1) is 14.7. The zero-order valence-electron chi connectivity index (χ0n) is 12.4. The van der Waals surface area contributed by atoms with Gasteiger partial charge in [-0.05, 0) is 23.8 Å². The van der Waals surface area contributed by atoms with Gasteiger partial charge < -0.3 is 9.52 Å². The number of aryl methyl sites for hydroxylation is 1. The molecule has 0 saturated heterocycles. The molecule has 0 unspecified atom stereocenters. The highest BCUT2D eigenvalue weighted by Crippen LogP contribution is 2.19. The van der Waals surface area contributed by atoms with Crippen molar-refractivity contribution in [2.75, 3.05) is 0 Å². The highest BCUT2D eigenvalue weighted by molar-refractivity contribution is 6.05. The molecule has 0 aliphatic carbocycles. The van der Waals surface area contributed by atoms with E-state index in [0.29, 0.717) is 17.7 Å². The summed E-state index contributed by atoms with van der Waals surface area (Å²) in [5.41, 5.74) is 2.71. The van der Waals surface area contributed by atoms with Crippen LogP contribution in [0.4, 0.5) is 0 Å². The number of nitrogens with one attached hydrogen (secondary N) is 1. The Morgan fingerprint density at radius 2 is 2.13 bits per heavy atom. The number of H-pyrrole nitrogens is 1. The molecule has 0 bridgehead atoms. The lowest BCUT2D eigenvalue weighted by molar-refractivity contribution is 0.103. The van der Waals surface area contributed by atoms with Gasteiger partial charge in [0, 0.05) is 12.5 Å². The number of allylic oxidation sites excluding steroid dienone is 1. The van der Waals surface area contributed by atoms with E-state index < -0.39 is 5.78 Å². The first-order valence-corrected chi connectivity index (χ1v) is 6.93. The molecule has 23 heavy (non-hydrogen) atoms. The number of rotatable bonds is 5. The number of ketones is 1. The molecular formula is C16H14N4O3. The highest BCUT2D eigenvalue weighted by Gasteiger charge is 2.12. The second-order valence-corrected chi connectivity index (χ2v) is 5.09. The molecule has 116 valence electrons. The SMILES string of the molecule is Cc1ccc(Cc2cc(C(O)=CC(=O)c3nn[nH]n3)co2)cc1. The lowest BCUT2D eigenvalue weighted by Crippen LogP contribution is -1.99. The van der Waals surface area contributed by atoms with Gasteiger partial charge in [0.2, 0.25) is 11.6 Å². The molecule has 0 aliphatic rings. The molecule has 0 amide bonds. The molecular weight excluding hydrogens is 296 g/mol. The third-order valence-corrected chi connectivity index (χ3v) is 3.28. The molecule has 2 heterocycles. The Kier molecular flexibility index (Phi) is 4.01. The van der Waals surface area contributed by atoms with E-state index in [1.807, 2.05) is 31.2 Å². The molecule has 2 aromatic heterocycles. The van der Waals surface area contributed by atoms with E-state index in [-0.39, 0.29) is 11.6 Å². The number of tetrazole rings is 1. The summed E-state index contributed by atoms with van der Waals surface area (Å²) in [6.45, 7) is 2.03. The summed E-state index contributed by atoms with van der Waals surface area (Å²) in [7, 11) is 0. The predicted molar refractivity (Wildman–Crippen MR) is 81.8 cm³/mol. The molecule has 3 aromatic rings. The molecule has 2 N–H and O–H groups in total. The number of furan rings is 1. The van der Waals surface area contributed by atoms with Crippen LogP contribution in [-0.2, 0) is 6.42 Å². The normalized spacial score (nSPS) is 11.6. The summed E-state index contributed by atoms with van der Waals surface area (Å²) in [6.07, 6.45) is 3.04. The van der Waals surface area contributed by atoms with Gasteiger partial charge in [0.25, 0.3) is 0 Å². The number of benzene rings is 1. The van der Waals surface area contributed by atoms with Gasteiger partial charge in [-0.1, -0.05) is 29.8 Å². The fourth-order valence-electron chi connectivity index (χ4n) is 2.05. The number of aromatic nitrogens is 4. The summed E-state index contributed by atoms with van der Waals surface area (Å²) in [5.74, 6) is -0.174. The molecule has 0 spiro atoms. The Balaban J connectivity index is 1.73. The van der Waals surface area contributed by atoms with Gasteiger partial charge in [-0.2, -0.15) is 5.21 Å². The topological polar surface area (TPSA) is 105 Å². The van der Waals surface area contributed by atoms with Crippen LogP contribution in [0.3, 0.4) is 0 Å². The van der Waals surface area contributed by atoms with Crippen molar-refractivity contribution >= 4 is 11.5 Å². The first-order valence-electron chi connectivity index (χ1n) is 6.93. The second-order valence-electron chi connectivity index (χ2n) is 5.09. The van der Waals surface area contributed by atoms with E-state index in [1.165, 1.54) is 11.8 Å². The maximum absolute atomic E-state index is 11.8. The average molecular weight is 310 g/mol. The summed E-state index contributed by atoms with van der Waals surface area (Å²) < 4.78 is 5.43. The third kappa shape index (κ3) is 3.52. The van der Waals surface area contributed by atoms with Crippen LogP contribution in [0, 0.1) is 6.92 Å². The number of carbonyl (C=O) groups is 1. The highest BCUT2D eigenvalue weighted by atomic mass is 16.3. The van der Waals surface area contributed by atoms with Crippen LogP contribution in [-0.4, -0.2) is 31.5 Å². The van der Waals surface area contributed by atoms with Gasteiger partial charge in [0.15, 0.2) is 0 Å². The number of aliphatic hydroxyl groups excluding tert-OH is 1. The van der Waals surface area contributed by atoms with E-state index >= 15 is 0 Å². The van der Waals surface area contributed by atoms with Crippen LogP contribution in [0.1, 0.15) is 33.1 Å². The Labute approximate surface area is 131 Å². The molecule has 7 heteroatoms. The van der Waals surface area contributed by atoms with E-state index in [4.69, 9.17) is 4.42 Å². The maximum atomic E-state index is 11.8. The summed E-state index contributed by atoms with van der Waals surface area (Å²) in [5, 5.41) is 22.6. The van der Waals surface area contributed by atoms with Gasteiger partial charge in [0.1, 0.15) is 17.8 Å². The average Bonchev–Trinajstić information content (AvgIpc) is 3.21. The maximum Gasteiger partial charge on any atom is 0.244 e. The van der Waals surface area contributed by atoms with Gasteiger partial charge in [-0.25, -0.2) is 0 Å². The Morgan fingerprint density at radius 3 is 2.83 bits per heavy atom. The number of carbonyl (C=O) groups excluding carboxylic acids is 1. The molecule has 0 saturated carbocycles. The molecule has 3 rings (SSSR count). The summed E-state index contributed by atoms with van der Waals surface area (Å²) in [4.78, 5) is 11.8. The number of aromatic amines is 1. The minimum atomic E-state index is -0.544. The van der Waals surface area contributed by atoms with Crippen LogP contribution in [0.15, 0.2) is 47.1 Å². The van der Waals surface area contributed by atoms with Gasteiger partial charge in [-0.15, -0.1) is 10.2 Å². The minimum Gasteiger partial charge on any atom is -0.507 e. The van der Waals surface area contributed by atoms with Gasteiger partial charge in [0.05, 0.1) is 5.56 Å². The van der Waals surface area contributed by atoms with Gasteiger partial charge >= 0.3 is 0 Å². The largest absolute Gasteiger partial charge is 0.507 e. The lowest BCUT2D eigenvalue weighted by atomic mass is 10.1. The quantitative estimate of drug-likeness (QED) is 0.426. The molecule has 1 aromatic carbocycles. The summed E-state index contributed by atoms with van der Waals surface area (Å²) >= 11 is 0. The molecule has 0 radical (unpaired) electrons. The van der Waals surface area contributed by atoms with Crippen molar-refractivity contribution in [2.45, 2.75) is 13.3 Å². The van der Waals surface area contributed by atoms with Crippen molar-refractivity contribution in [3.63, 3.8) is 0 Å². The third-order valence-electron chi connectivity index (χ3n) is 3.28. The monoisotopic (exact) mass is 310 g/mol. The van der Waals surface area contributed by atoms with Crippen molar-refractivity contribution in [1.29, 1.82) is 0 Å². The van der Waals surface area contributed by atoms with Crippen molar-refractivity contribution in [3.8, 4) is 0 Å². The molecule has 0 atom stereocenters. The minimum absolute atomic E-state index is 0.111. The van der Waals surface area contributed by atoms with Crippen LogP contribution in [0.2, 0.25) is 0 Å². The van der Waals surface area contributed by atoms with E-state index in [0.717, 1.165) is 11.6 Å². The predicted octanol–water partition coefficient (Wildman–Crippen LogP) is 2.47. The van der Waals surface area contributed by atoms with Crippen molar-refractivity contribution in [2.24, 2.45) is 0 Å². The van der Waals surface area contributed by atoms with E-state index in [2.05, 4.69) is 20.6 Å².